The number of aliphatic hydroxyl groups excluding tert-OH is 1. The second-order valence-electron chi connectivity index (χ2n) is 6.48. The van der Waals surface area contributed by atoms with Gasteiger partial charge in [-0.2, -0.15) is 0 Å². The standard InChI is InChI=1S/C19H38O2/c1-3-5-7-9-11-13-15-18(17-20)19(21)16-14-12-10-8-6-4-2/h17-19,21H,3-16H2,1-2H3. The molecule has 0 aliphatic heterocycles. The van der Waals surface area contributed by atoms with Crippen LogP contribution in [0.15, 0.2) is 0 Å². The SMILES string of the molecule is CCCCCCCCC(O)C(C=O)CCCCCCCC. The maximum Gasteiger partial charge on any atom is 0.125 e. The lowest BCUT2D eigenvalue weighted by Crippen LogP contribution is -2.21. The summed E-state index contributed by atoms with van der Waals surface area (Å²) in [6.45, 7) is 4.45. The maximum atomic E-state index is 11.1. The van der Waals surface area contributed by atoms with Crippen molar-refractivity contribution < 1.29 is 9.90 Å². The number of hydrogen-bond donors (Lipinski definition) is 1. The lowest BCUT2D eigenvalue weighted by molar-refractivity contribution is -0.114. The molecule has 0 saturated carbocycles. The molecule has 126 valence electrons. The third kappa shape index (κ3) is 13.0. The number of carbonyl (C=O) groups is 1. The van der Waals surface area contributed by atoms with Crippen LogP contribution in [0.25, 0.3) is 0 Å². The van der Waals surface area contributed by atoms with Crippen molar-refractivity contribution in [1.29, 1.82) is 0 Å². The fourth-order valence-corrected chi connectivity index (χ4v) is 2.86. The molecular weight excluding hydrogens is 260 g/mol. The molecule has 0 aromatic rings. The van der Waals surface area contributed by atoms with Gasteiger partial charge in [-0.05, 0) is 12.8 Å². The van der Waals surface area contributed by atoms with E-state index in [1.54, 1.807) is 0 Å². The van der Waals surface area contributed by atoms with E-state index in [0.29, 0.717) is 0 Å². The van der Waals surface area contributed by atoms with Gasteiger partial charge >= 0.3 is 0 Å². The van der Waals surface area contributed by atoms with E-state index in [1.807, 2.05) is 0 Å². The summed E-state index contributed by atoms with van der Waals surface area (Å²) < 4.78 is 0. The van der Waals surface area contributed by atoms with Crippen molar-refractivity contribution in [2.75, 3.05) is 0 Å². The van der Waals surface area contributed by atoms with E-state index in [0.717, 1.165) is 32.0 Å². The van der Waals surface area contributed by atoms with E-state index in [-0.39, 0.29) is 5.92 Å². The van der Waals surface area contributed by atoms with Gasteiger partial charge in [-0.15, -0.1) is 0 Å². The number of unbranched alkanes of at least 4 members (excludes halogenated alkanes) is 10. The Bertz CT molecular complexity index is 216. The first-order chi connectivity index (χ1) is 10.3. The lowest BCUT2D eigenvalue weighted by Gasteiger charge is -2.17. The Balaban J connectivity index is 3.57. The molecular formula is C19H38O2. The highest BCUT2D eigenvalue weighted by Gasteiger charge is 2.17. The molecule has 0 aliphatic carbocycles. The normalized spacial score (nSPS) is 14.0. The molecule has 1 N–H and O–H groups in total. The van der Waals surface area contributed by atoms with Crippen LogP contribution >= 0.6 is 0 Å². The molecule has 0 radical (unpaired) electrons. The maximum absolute atomic E-state index is 11.1. The largest absolute Gasteiger partial charge is 0.392 e. The van der Waals surface area contributed by atoms with E-state index in [1.165, 1.54) is 64.2 Å². The van der Waals surface area contributed by atoms with Gasteiger partial charge in [0.1, 0.15) is 6.29 Å². The summed E-state index contributed by atoms with van der Waals surface area (Å²) in [6.07, 6.45) is 17.1. The minimum absolute atomic E-state index is 0.133. The van der Waals surface area contributed by atoms with Gasteiger partial charge in [0, 0.05) is 5.92 Å². The van der Waals surface area contributed by atoms with Crippen molar-refractivity contribution in [3.63, 3.8) is 0 Å². The number of aliphatic hydroxyl groups is 1. The Hall–Kier alpha value is -0.370. The Kier molecular flexibility index (Phi) is 15.7. The third-order valence-corrected chi connectivity index (χ3v) is 4.41. The van der Waals surface area contributed by atoms with Crippen LogP contribution in [0.2, 0.25) is 0 Å². The lowest BCUT2D eigenvalue weighted by atomic mass is 9.92. The minimum atomic E-state index is -0.413. The zero-order valence-electron chi connectivity index (χ0n) is 14.5. The summed E-state index contributed by atoms with van der Waals surface area (Å²) in [7, 11) is 0. The number of aldehydes is 1. The van der Waals surface area contributed by atoms with Gasteiger partial charge in [0.05, 0.1) is 6.10 Å². The van der Waals surface area contributed by atoms with Crippen LogP contribution in [0.5, 0.6) is 0 Å². The van der Waals surface area contributed by atoms with Gasteiger partial charge in [-0.25, -0.2) is 0 Å². The van der Waals surface area contributed by atoms with Crippen LogP contribution in [0.3, 0.4) is 0 Å². The van der Waals surface area contributed by atoms with Crippen LogP contribution in [0, 0.1) is 5.92 Å². The van der Waals surface area contributed by atoms with Crippen molar-refractivity contribution in [1.82, 2.24) is 0 Å². The fraction of sp³-hybridized carbons (Fsp3) is 0.947. The summed E-state index contributed by atoms with van der Waals surface area (Å²) in [4.78, 5) is 11.1. The number of hydrogen-bond acceptors (Lipinski definition) is 2. The predicted octanol–water partition coefficient (Wildman–Crippen LogP) is 5.66. The highest BCUT2D eigenvalue weighted by molar-refractivity contribution is 5.54. The zero-order valence-corrected chi connectivity index (χ0v) is 14.5. The molecule has 0 saturated heterocycles. The molecule has 2 heteroatoms. The van der Waals surface area contributed by atoms with Gasteiger partial charge in [-0.3, -0.25) is 0 Å². The summed E-state index contributed by atoms with van der Waals surface area (Å²) in [6, 6.07) is 0. The molecule has 2 unspecified atom stereocenters. The first kappa shape index (κ1) is 20.6. The first-order valence-electron chi connectivity index (χ1n) is 9.39. The average molecular weight is 299 g/mol. The van der Waals surface area contributed by atoms with Gasteiger partial charge in [0.15, 0.2) is 0 Å². The summed E-state index contributed by atoms with van der Waals surface area (Å²) >= 11 is 0. The molecule has 0 aromatic heterocycles. The molecule has 0 fully saturated rings. The Morgan fingerprint density at radius 1 is 0.714 bits per heavy atom. The van der Waals surface area contributed by atoms with Crippen molar-refractivity contribution in [3.8, 4) is 0 Å². The van der Waals surface area contributed by atoms with E-state index in [4.69, 9.17) is 0 Å². The topological polar surface area (TPSA) is 37.3 Å². The van der Waals surface area contributed by atoms with E-state index >= 15 is 0 Å². The van der Waals surface area contributed by atoms with E-state index < -0.39 is 6.10 Å². The Morgan fingerprint density at radius 2 is 1.14 bits per heavy atom. The van der Waals surface area contributed by atoms with Crippen LogP contribution in [0.4, 0.5) is 0 Å². The van der Waals surface area contributed by atoms with Crippen LogP contribution in [0.1, 0.15) is 104 Å². The molecule has 0 aromatic carbocycles. The van der Waals surface area contributed by atoms with Gasteiger partial charge < -0.3 is 9.90 Å². The van der Waals surface area contributed by atoms with Crippen molar-refractivity contribution in [3.05, 3.63) is 0 Å². The second kappa shape index (κ2) is 16.0. The quantitative estimate of drug-likeness (QED) is 0.295. The second-order valence-corrected chi connectivity index (χ2v) is 6.48. The van der Waals surface area contributed by atoms with Gasteiger partial charge in [-0.1, -0.05) is 90.9 Å². The molecule has 0 aliphatic rings. The molecule has 0 bridgehead atoms. The number of carbonyl (C=O) groups excluding carboxylic acids is 1. The monoisotopic (exact) mass is 298 g/mol. The van der Waals surface area contributed by atoms with Crippen molar-refractivity contribution in [2.24, 2.45) is 5.92 Å². The summed E-state index contributed by atoms with van der Waals surface area (Å²) in [5, 5.41) is 10.1. The highest BCUT2D eigenvalue weighted by atomic mass is 16.3. The van der Waals surface area contributed by atoms with Crippen molar-refractivity contribution >= 4 is 6.29 Å². The van der Waals surface area contributed by atoms with Crippen molar-refractivity contribution in [2.45, 2.75) is 110 Å². The Morgan fingerprint density at radius 3 is 1.62 bits per heavy atom. The molecule has 21 heavy (non-hydrogen) atoms. The summed E-state index contributed by atoms with van der Waals surface area (Å²) in [5.41, 5.74) is 0. The molecule has 0 spiro atoms. The molecule has 2 nitrogen and oxygen atoms in total. The average Bonchev–Trinajstić information content (AvgIpc) is 2.50. The predicted molar refractivity (Wildman–Crippen MR) is 91.5 cm³/mol. The Labute approximate surface area is 132 Å². The third-order valence-electron chi connectivity index (χ3n) is 4.41. The van der Waals surface area contributed by atoms with E-state index in [9.17, 15) is 9.90 Å². The molecule has 0 rings (SSSR count). The zero-order chi connectivity index (χ0) is 15.8. The summed E-state index contributed by atoms with van der Waals surface area (Å²) in [5.74, 6) is -0.133. The smallest absolute Gasteiger partial charge is 0.125 e. The minimum Gasteiger partial charge on any atom is -0.392 e. The van der Waals surface area contributed by atoms with E-state index in [2.05, 4.69) is 13.8 Å². The van der Waals surface area contributed by atoms with Crippen LogP contribution in [-0.2, 0) is 4.79 Å². The first-order valence-corrected chi connectivity index (χ1v) is 9.39. The van der Waals surface area contributed by atoms with Gasteiger partial charge in [0.25, 0.3) is 0 Å². The van der Waals surface area contributed by atoms with Crippen LogP contribution < -0.4 is 0 Å². The molecule has 0 heterocycles. The fourth-order valence-electron chi connectivity index (χ4n) is 2.86. The van der Waals surface area contributed by atoms with Gasteiger partial charge in [0.2, 0.25) is 0 Å². The molecule has 2 atom stereocenters. The number of rotatable bonds is 16. The highest BCUT2D eigenvalue weighted by Crippen LogP contribution is 2.18. The van der Waals surface area contributed by atoms with Crippen LogP contribution in [-0.4, -0.2) is 17.5 Å². The molecule has 0 amide bonds.